The first-order chi connectivity index (χ1) is 10.1. The smallest absolute Gasteiger partial charge is 0.179 e. The molecule has 0 saturated carbocycles. The molecule has 0 heterocycles. The number of ketones is 1. The van der Waals surface area contributed by atoms with Gasteiger partial charge in [0.25, 0.3) is 0 Å². The van der Waals surface area contributed by atoms with E-state index < -0.39 is 0 Å². The van der Waals surface area contributed by atoms with Crippen LogP contribution in [-0.4, -0.2) is 11.8 Å². The van der Waals surface area contributed by atoms with Gasteiger partial charge in [0.2, 0.25) is 0 Å². The lowest BCUT2D eigenvalue weighted by Gasteiger charge is -2.13. The number of hydrogen-bond acceptors (Lipinski definition) is 2. The maximum atomic E-state index is 12.4. The Balaban J connectivity index is 1.95. The second kappa shape index (κ2) is 7.19. The van der Waals surface area contributed by atoms with Crippen LogP contribution in [-0.2, 0) is 6.54 Å². The average molecular weight is 281 g/mol. The van der Waals surface area contributed by atoms with E-state index in [1.165, 1.54) is 11.1 Å². The van der Waals surface area contributed by atoms with E-state index in [1.807, 2.05) is 49.4 Å². The summed E-state index contributed by atoms with van der Waals surface area (Å²) in [5, 5.41) is 3.28. The van der Waals surface area contributed by atoms with Crippen molar-refractivity contribution >= 4 is 5.78 Å². The standard InChI is InChI=1S/C19H23NO/c1-14(2)17-9-11-18(12-10-17)19(21)15(3)20-13-16-7-5-4-6-8-16/h4-12,14-15,20H,13H2,1-3H3. The zero-order valence-electron chi connectivity index (χ0n) is 13.0. The Kier molecular flexibility index (Phi) is 5.29. The summed E-state index contributed by atoms with van der Waals surface area (Å²) in [4.78, 5) is 12.4. The van der Waals surface area contributed by atoms with Gasteiger partial charge in [-0.3, -0.25) is 4.79 Å². The van der Waals surface area contributed by atoms with Crippen molar-refractivity contribution in [3.05, 3.63) is 71.3 Å². The van der Waals surface area contributed by atoms with E-state index in [2.05, 4.69) is 31.3 Å². The van der Waals surface area contributed by atoms with E-state index in [1.54, 1.807) is 0 Å². The van der Waals surface area contributed by atoms with Crippen LogP contribution in [0.4, 0.5) is 0 Å². The van der Waals surface area contributed by atoms with E-state index in [-0.39, 0.29) is 11.8 Å². The minimum Gasteiger partial charge on any atom is -0.303 e. The Bertz CT molecular complexity index is 572. The Morgan fingerprint density at radius 2 is 1.57 bits per heavy atom. The predicted octanol–water partition coefficient (Wildman–Crippen LogP) is 4.17. The fraction of sp³-hybridized carbons (Fsp3) is 0.316. The zero-order valence-corrected chi connectivity index (χ0v) is 13.0. The lowest BCUT2D eigenvalue weighted by Crippen LogP contribution is -2.33. The van der Waals surface area contributed by atoms with Crippen molar-refractivity contribution < 1.29 is 4.79 Å². The van der Waals surface area contributed by atoms with Gasteiger partial charge in [-0.25, -0.2) is 0 Å². The summed E-state index contributed by atoms with van der Waals surface area (Å²) in [6.45, 7) is 6.93. The summed E-state index contributed by atoms with van der Waals surface area (Å²) in [6.07, 6.45) is 0. The second-order valence-corrected chi connectivity index (χ2v) is 5.73. The summed E-state index contributed by atoms with van der Waals surface area (Å²) >= 11 is 0. The van der Waals surface area contributed by atoms with Gasteiger partial charge in [-0.15, -0.1) is 0 Å². The van der Waals surface area contributed by atoms with Gasteiger partial charge in [0, 0.05) is 12.1 Å². The van der Waals surface area contributed by atoms with Crippen molar-refractivity contribution in [1.29, 1.82) is 0 Å². The van der Waals surface area contributed by atoms with Gasteiger partial charge in [-0.05, 0) is 24.0 Å². The molecule has 2 aromatic carbocycles. The lowest BCUT2D eigenvalue weighted by molar-refractivity contribution is 0.0950. The first kappa shape index (κ1) is 15.5. The zero-order chi connectivity index (χ0) is 15.2. The van der Waals surface area contributed by atoms with Crippen LogP contribution in [0.15, 0.2) is 54.6 Å². The molecule has 0 aliphatic rings. The van der Waals surface area contributed by atoms with Crippen LogP contribution in [0.3, 0.4) is 0 Å². The predicted molar refractivity (Wildman–Crippen MR) is 87.6 cm³/mol. The largest absolute Gasteiger partial charge is 0.303 e. The number of rotatable bonds is 6. The number of carbonyl (C=O) groups excluding carboxylic acids is 1. The third-order valence-corrected chi connectivity index (χ3v) is 3.71. The molecule has 1 atom stereocenters. The molecule has 1 unspecified atom stereocenters. The number of benzene rings is 2. The van der Waals surface area contributed by atoms with Crippen molar-refractivity contribution in [3.63, 3.8) is 0 Å². The summed E-state index contributed by atoms with van der Waals surface area (Å²) < 4.78 is 0. The lowest BCUT2D eigenvalue weighted by atomic mass is 9.98. The van der Waals surface area contributed by atoms with E-state index in [9.17, 15) is 4.79 Å². The molecule has 0 aliphatic heterocycles. The monoisotopic (exact) mass is 281 g/mol. The van der Waals surface area contributed by atoms with Crippen LogP contribution in [0.1, 0.15) is 48.2 Å². The minimum atomic E-state index is -0.185. The van der Waals surface area contributed by atoms with Gasteiger partial charge < -0.3 is 5.32 Å². The van der Waals surface area contributed by atoms with Gasteiger partial charge in [0.05, 0.1) is 6.04 Å². The molecule has 2 nitrogen and oxygen atoms in total. The molecule has 21 heavy (non-hydrogen) atoms. The van der Waals surface area contributed by atoms with Crippen LogP contribution in [0.2, 0.25) is 0 Å². The third-order valence-electron chi connectivity index (χ3n) is 3.71. The Labute approximate surface area is 127 Å². The Morgan fingerprint density at radius 3 is 2.14 bits per heavy atom. The summed E-state index contributed by atoms with van der Waals surface area (Å²) in [6, 6.07) is 17.9. The molecule has 0 radical (unpaired) electrons. The molecule has 2 aromatic rings. The number of hydrogen-bond donors (Lipinski definition) is 1. The molecule has 110 valence electrons. The summed E-state index contributed by atoms with van der Waals surface area (Å²) in [5.41, 5.74) is 3.22. The summed E-state index contributed by atoms with van der Waals surface area (Å²) in [5.74, 6) is 0.629. The molecule has 0 amide bonds. The van der Waals surface area contributed by atoms with Crippen LogP contribution in [0.5, 0.6) is 0 Å². The molecule has 0 aliphatic carbocycles. The van der Waals surface area contributed by atoms with Crippen molar-refractivity contribution in [2.75, 3.05) is 0 Å². The minimum absolute atomic E-state index is 0.140. The SMILES string of the molecule is CC(NCc1ccccc1)C(=O)c1ccc(C(C)C)cc1. The van der Waals surface area contributed by atoms with Crippen LogP contribution >= 0.6 is 0 Å². The van der Waals surface area contributed by atoms with Gasteiger partial charge in [0.15, 0.2) is 5.78 Å². The number of nitrogens with one attached hydrogen (secondary N) is 1. The van der Waals surface area contributed by atoms with Gasteiger partial charge in [-0.1, -0.05) is 68.4 Å². The van der Waals surface area contributed by atoms with Crippen LogP contribution < -0.4 is 5.32 Å². The van der Waals surface area contributed by atoms with E-state index in [0.717, 1.165) is 5.56 Å². The molecule has 0 aromatic heterocycles. The Hall–Kier alpha value is -1.93. The Morgan fingerprint density at radius 1 is 0.952 bits per heavy atom. The highest BCUT2D eigenvalue weighted by atomic mass is 16.1. The van der Waals surface area contributed by atoms with Crippen molar-refractivity contribution in [1.82, 2.24) is 5.32 Å². The van der Waals surface area contributed by atoms with Crippen LogP contribution in [0, 0.1) is 0 Å². The third kappa shape index (κ3) is 4.27. The van der Waals surface area contributed by atoms with E-state index >= 15 is 0 Å². The highest BCUT2D eigenvalue weighted by Gasteiger charge is 2.14. The van der Waals surface area contributed by atoms with Gasteiger partial charge in [-0.2, -0.15) is 0 Å². The molecule has 1 N–H and O–H groups in total. The molecule has 2 heteroatoms. The summed E-state index contributed by atoms with van der Waals surface area (Å²) in [7, 11) is 0. The topological polar surface area (TPSA) is 29.1 Å². The maximum Gasteiger partial charge on any atom is 0.179 e. The van der Waals surface area contributed by atoms with E-state index in [0.29, 0.717) is 12.5 Å². The number of carbonyl (C=O) groups is 1. The quantitative estimate of drug-likeness (QED) is 0.805. The van der Waals surface area contributed by atoms with Crippen molar-refractivity contribution in [2.45, 2.75) is 39.3 Å². The fourth-order valence-electron chi connectivity index (χ4n) is 2.24. The first-order valence-corrected chi connectivity index (χ1v) is 7.49. The van der Waals surface area contributed by atoms with Gasteiger partial charge >= 0.3 is 0 Å². The molecule has 2 rings (SSSR count). The molecular formula is C19H23NO. The molecule has 0 saturated heterocycles. The molecule has 0 bridgehead atoms. The normalized spacial score (nSPS) is 12.4. The molecule has 0 fully saturated rings. The first-order valence-electron chi connectivity index (χ1n) is 7.49. The van der Waals surface area contributed by atoms with Gasteiger partial charge in [0.1, 0.15) is 0 Å². The highest BCUT2D eigenvalue weighted by Crippen LogP contribution is 2.15. The van der Waals surface area contributed by atoms with Crippen LogP contribution in [0.25, 0.3) is 0 Å². The van der Waals surface area contributed by atoms with Crippen molar-refractivity contribution in [3.8, 4) is 0 Å². The number of Topliss-reactive ketones (excluding diaryl/α,β-unsaturated/α-hetero) is 1. The van der Waals surface area contributed by atoms with Crippen molar-refractivity contribution in [2.24, 2.45) is 0 Å². The second-order valence-electron chi connectivity index (χ2n) is 5.73. The van der Waals surface area contributed by atoms with E-state index in [4.69, 9.17) is 0 Å². The maximum absolute atomic E-state index is 12.4. The fourth-order valence-corrected chi connectivity index (χ4v) is 2.24. The molecular weight excluding hydrogens is 258 g/mol. The highest BCUT2D eigenvalue weighted by molar-refractivity contribution is 5.99. The average Bonchev–Trinajstić information content (AvgIpc) is 2.53. The molecule has 0 spiro atoms.